The third kappa shape index (κ3) is 3.87. The molecule has 0 saturated heterocycles. The lowest BCUT2D eigenvalue weighted by Gasteiger charge is -2.56. The maximum absolute atomic E-state index is 13.0. The van der Waals surface area contributed by atoms with E-state index < -0.39 is 0 Å². The van der Waals surface area contributed by atoms with Crippen LogP contribution in [0, 0.1) is 17.8 Å². The van der Waals surface area contributed by atoms with Crippen molar-refractivity contribution in [1.82, 2.24) is 20.1 Å². The summed E-state index contributed by atoms with van der Waals surface area (Å²) in [5.41, 5.74) is 1.04. The first-order chi connectivity index (χ1) is 15.7. The molecule has 0 radical (unpaired) electrons. The van der Waals surface area contributed by atoms with Gasteiger partial charge < -0.3 is 9.73 Å². The van der Waals surface area contributed by atoms with Crippen molar-refractivity contribution in [1.29, 1.82) is 0 Å². The summed E-state index contributed by atoms with van der Waals surface area (Å²) in [6, 6.07) is 13.9. The Morgan fingerprint density at radius 3 is 2.41 bits per heavy atom. The van der Waals surface area contributed by atoms with E-state index in [0.717, 1.165) is 40.1 Å². The fraction of sp³-hybridized carbons (Fsp3) is 0.480. The van der Waals surface area contributed by atoms with Crippen LogP contribution in [0.1, 0.15) is 44.3 Å². The number of amides is 1. The smallest absolute Gasteiger partial charge is 0.230 e. The van der Waals surface area contributed by atoms with Gasteiger partial charge in [-0.25, -0.2) is 0 Å². The average Bonchev–Trinajstić information content (AvgIpc) is 3.42. The van der Waals surface area contributed by atoms with E-state index in [1.54, 1.807) is 6.26 Å². The standard InChI is InChI=1S/C25H28N4O2S/c30-22(26-25-12-17-9-18(13-25)11-19(10-17)14-25)16-32-24-28-27-23(20-5-2-1-3-6-20)29(24)15-21-7-4-8-31-21/h1-8,17-19H,9-16H2,(H,26,30). The second-order valence-corrected chi connectivity index (χ2v) is 10.8. The molecule has 2 heterocycles. The molecule has 4 aliphatic carbocycles. The van der Waals surface area contributed by atoms with E-state index in [0.29, 0.717) is 12.3 Å². The van der Waals surface area contributed by atoms with E-state index in [2.05, 4.69) is 15.5 Å². The maximum Gasteiger partial charge on any atom is 0.230 e. The number of hydrogen-bond donors (Lipinski definition) is 1. The number of furan rings is 1. The van der Waals surface area contributed by atoms with Gasteiger partial charge >= 0.3 is 0 Å². The van der Waals surface area contributed by atoms with Gasteiger partial charge in [0.25, 0.3) is 0 Å². The van der Waals surface area contributed by atoms with Gasteiger partial charge in [-0.2, -0.15) is 0 Å². The van der Waals surface area contributed by atoms with E-state index >= 15 is 0 Å². The SMILES string of the molecule is O=C(CSc1nnc(-c2ccccc2)n1Cc1ccco1)NC12CC3CC(CC(C3)C1)C2. The van der Waals surface area contributed by atoms with Crippen LogP contribution in [-0.2, 0) is 11.3 Å². The third-order valence-corrected chi connectivity index (χ3v) is 8.38. The Balaban J connectivity index is 1.18. The molecule has 1 amide bonds. The fourth-order valence-corrected chi connectivity index (χ4v) is 7.36. The Labute approximate surface area is 192 Å². The molecule has 4 aliphatic rings. The minimum atomic E-state index is 0.0451. The third-order valence-electron chi connectivity index (χ3n) is 7.42. The molecule has 6 nitrogen and oxygen atoms in total. The number of hydrogen-bond acceptors (Lipinski definition) is 5. The van der Waals surface area contributed by atoms with Gasteiger partial charge in [0, 0.05) is 11.1 Å². The molecule has 1 N–H and O–H groups in total. The summed E-state index contributed by atoms with van der Waals surface area (Å²) in [4.78, 5) is 13.0. The number of carbonyl (C=O) groups is 1. The van der Waals surface area contributed by atoms with Crippen molar-refractivity contribution < 1.29 is 9.21 Å². The van der Waals surface area contributed by atoms with E-state index in [4.69, 9.17) is 4.42 Å². The highest BCUT2D eigenvalue weighted by molar-refractivity contribution is 7.99. The zero-order valence-corrected chi connectivity index (χ0v) is 18.9. The molecule has 166 valence electrons. The van der Waals surface area contributed by atoms with Crippen LogP contribution in [0.5, 0.6) is 0 Å². The van der Waals surface area contributed by atoms with Gasteiger partial charge in [-0.05, 0) is 68.4 Å². The van der Waals surface area contributed by atoms with Crippen LogP contribution in [0.25, 0.3) is 11.4 Å². The molecule has 32 heavy (non-hydrogen) atoms. The normalized spacial score (nSPS) is 28.2. The van der Waals surface area contributed by atoms with E-state index in [9.17, 15) is 4.79 Å². The number of thioether (sulfide) groups is 1. The van der Waals surface area contributed by atoms with Gasteiger partial charge in [0.2, 0.25) is 5.91 Å². The minimum Gasteiger partial charge on any atom is -0.467 e. The minimum absolute atomic E-state index is 0.0451. The van der Waals surface area contributed by atoms with Crippen LogP contribution in [0.4, 0.5) is 0 Å². The Kier molecular flexibility index (Phi) is 5.09. The summed E-state index contributed by atoms with van der Waals surface area (Å²) in [5, 5.41) is 13.1. The Hall–Kier alpha value is -2.54. The zero-order valence-electron chi connectivity index (χ0n) is 18.1. The van der Waals surface area contributed by atoms with Gasteiger partial charge in [-0.1, -0.05) is 42.1 Å². The van der Waals surface area contributed by atoms with E-state index in [-0.39, 0.29) is 11.4 Å². The van der Waals surface area contributed by atoms with E-state index in [1.807, 2.05) is 47.0 Å². The van der Waals surface area contributed by atoms with Gasteiger partial charge in [0.05, 0.1) is 18.6 Å². The summed E-state index contributed by atoms with van der Waals surface area (Å²) in [6.45, 7) is 0.531. The predicted molar refractivity (Wildman–Crippen MR) is 123 cm³/mol. The van der Waals surface area contributed by atoms with E-state index in [1.165, 1.54) is 50.3 Å². The molecule has 0 unspecified atom stereocenters. The van der Waals surface area contributed by atoms with Crippen molar-refractivity contribution in [2.45, 2.75) is 55.8 Å². The lowest BCUT2D eigenvalue weighted by atomic mass is 9.53. The first-order valence-electron chi connectivity index (χ1n) is 11.6. The summed E-state index contributed by atoms with van der Waals surface area (Å²) >= 11 is 1.46. The van der Waals surface area contributed by atoms with Crippen molar-refractivity contribution in [3.05, 3.63) is 54.5 Å². The average molecular weight is 449 g/mol. The second kappa shape index (κ2) is 8.10. The molecule has 3 aromatic rings. The van der Waals surface area contributed by atoms with Gasteiger partial charge in [0.15, 0.2) is 11.0 Å². The van der Waals surface area contributed by atoms with Crippen LogP contribution < -0.4 is 5.32 Å². The van der Waals surface area contributed by atoms with Crippen LogP contribution in [0.2, 0.25) is 0 Å². The number of aromatic nitrogens is 3. The Morgan fingerprint density at radius 1 is 1.03 bits per heavy atom. The molecule has 1 aromatic carbocycles. The summed E-state index contributed by atoms with van der Waals surface area (Å²) in [6.07, 6.45) is 9.31. The summed E-state index contributed by atoms with van der Waals surface area (Å²) < 4.78 is 7.61. The molecular formula is C25H28N4O2S. The zero-order chi connectivity index (χ0) is 21.5. The quantitative estimate of drug-likeness (QED) is 0.528. The number of nitrogens with zero attached hydrogens (tertiary/aromatic N) is 3. The molecule has 0 aliphatic heterocycles. The maximum atomic E-state index is 13.0. The second-order valence-electron chi connectivity index (χ2n) is 9.87. The highest BCUT2D eigenvalue weighted by Crippen LogP contribution is 2.55. The highest BCUT2D eigenvalue weighted by Gasteiger charge is 2.51. The van der Waals surface area contributed by atoms with Crippen LogP contribution in [0.3, 0.4) is 0 Å². The molecule has 4 fully saturated rings. The van der Waals surface area contributed by atoms with Crippen molar-refractivity contribution in [3.63, 3.8) is 0 Å². The fourth-order valence-electron chi connectivity index (χ4n) is 6.62. The molecule has 4 bridgehead atoms. The molecule has 4 saturated carbocycles. The largest absolute Gasteiger partial charge is 0.467 e. The van der Waals surface area contributed by atoms with Gasteiger partial charge in [0.1, 0.15) is 5.76 Å². The molecular weight excluding hydrogens is 420 g/mol. The lowest BCUT2D eigenvalue weighted by Crippen LogP contribution is -2.60. The predicted octanol–water partition coefficient (Wildman–Crippen LogP) is 4.76. The lowest BCUT2D eigenvalue weighted by molar-refractivity contribution is -0.124. The van der Waals surface area contributed by atoms with Crippen molar-refractivity contribution in [2.75, 3.05) is 5.75 Å². The monoisotopic (exact) mass is 448 g/mol. The first kappa shape index (κ1) is 20.1. The van der Waals surface area contributed by atoms with Crippen molar-refractivity contribution in [2.24, 2.45) is 17.8 Å². The highest BCUT2D eigenvalue weighted by atomic mass is 32.2. The molecule has 0 spiro atoms. The van der Waals surface area contributed by atoms with Gasteiger partial charge in [-0.3, -0.25) is 9.36 Å². The summed E-state index contributed by atoms with van der Waals surface area (Å²) in [5.74, 6) is 4.54. The molecule has 7 heteroatoms. The number of nitrogens with one attached hydrogen (secondary N) is 1. The first-order valence-corrected chi connectivity index (χ1v) is 12.6. The summed E-state index contributed by atoms with van der Waals surface area (Å²) in [7, 11) is 0. The van der Waals surface area contributed by atoms with Crippen LogP contribution >= 0.6 is 11.8 Å². The Bertz CT molecular complexity index is 1060. The number of benzene rings is 1. The molecule has 7 rings (SSSR count). The van der Waals surface area contributed by atoms with Crippen LogP contribution in [0.15, 0.2) is 58.3 Å². The Morgan fingerprint density at radius 2 is 1.75 bits per heavy atom. The van der Waals surface area contributed by atoms with Crippen molar-refractivity contribution in [3.8, 4) is 11.4 Å². The number of carbonyl (C=O) groups excluding carboxylic acids is 1. The molecule has 0 atom stereocenters. The van der Waals surface area contributed by atoms with Crippen molar-refractivity contribution >= 4 is 17.7 Å². The topological polar surface area (TPSA) is 73.0 Å². The molecule has 2 aromatic heterocycles. The van der Waals surface area contributed by atoms with Gasteiger partial charge in [-0.15, -0.1) is 10.2 Å². The number of rotatable bonds is 7. The van der Waals surface area contributed by atoms with Crippen LogP contribution in [-0.4, -0.2) is 32.0 Å².